The quantitative estimate of drug-likeness (QED) is 0.0261. The molecule has 0 fully saturated rings. The second kappa shape index (κ2) is 68.1. The fourth-order valence-corrected chi connectivity index (χ4v) is 9.97. The van der Waals surface area contributed by atoms with Gasteiger partial charge in [0.15, 0.2) is 6.10 Å². The Bertz CT molecular complexity index is 1520. The summed E-state index contributed by atoms with van der Waals surface area (Å²) in [6.07, 6.45) is 90.3. The molecule has 0 aromatic carbocycles. The topological polar surface area (TPSA) is 78.9 Å². The number of unbranched alkanes of at least 4 members (excludes halogenated alkanes) is 38. The molecule has 0 bridgehead atoms. The van der Waals surface area contributed by atoms with Crippen molar-refractivity contribution in [3.63, 3.8) is 0 Å². The first-order chi connectivity index (χ1) is 39.5. The predicted molar refractivity (Wildman–Crippen MR) is 348 cm³/mol. The van der Waals surface area contributed by atoms with Gasteiger partial charge in [0.25, 0.3) is 0 Å². The number of hydrogen-bond donors (Lipinski definition) is 0. The lowest BCUT2D eigenvalue weighted by atomic mass is 10.0. The zero-order valence-electron chi connectivity index (χ0n) is 53.1. The van der Waals surface area contributed by atoms with Crippen LogP contribution in [-0.4, -0.2) is 37.2 Å². The monoisotopic (exact) mass is 1110 g/mol. The standard InChI is InChI=1S/C74H130O6/c1-4-7-10-13-16-19-22-25-27-29-31-33-35-37-39-41-43-45-47-49-52-55-58-61-64-67-73(76)79-70-71(69-78-72(75)66-63-60-57-54-51-24-21-18-15-12-9-6-3)80-74(77)68-65-62-59-56-53-50-48-46-44-42-40-38-36-34-32-30-28-26-23-20-17-14-11-8-5-2/h7,10,16,19,25,27,30-33,37,39,43,45,71H,4-6,8-9,11-15,17-18,20-24,26,28-29,34-36,38,40-42,44,46-70H2,1-3H3/b10-7-,19-16-,27-25-,32-30-,33-31-,39-37-,45-43-. The van der Waals surface area contributed by atoms with Gasteiger partial charge >= 0.3 is 17.9 Å². The average Bonchev–Trinajstić information content (AvgIpc) is 3.46. The predicted octanol–water partition coefficient (Wildman–Crippen LogP) is 23.8. The molecule has 0 radical (unpaired) electrons. The maximum absolute atomic E-state index is 12.9. The third-order valence-electron chi connectivity index (χ3n) is 15.1. The van der Waals surface area contributed by atoms with E-state index >= 15 is 0 Å². The summed E-state index contributed by atoms with van der Waals surface area (Å²) in [5, 5.41) is 0. The van der Waals surface area contributed by atoms with E-state index in [-0.39, 0.29) is 31.1 Å². The Labute approximate surface area is 496 Å². The van der Waals surface area contributed by atoms with Crippen LogP contribution in [0.25, 0.3) is 0 Å². The van der Waals surface area contributed by atoms with Crippen molar-refractivity contribution in [3.8, 4) is 0 Å². The van der Waals surface area contributed by atoms with Gasteiger partial charge < -0.3 is 14.2 Å². The molecule has 0 aliphatic heterocycles. The van der Waals surface area contributed by atoms with E-state index in [1.165, 1.54) is 205 Å². The molecule has 1 atom stereocenters. The summed E-state index contributed by atoms with van der Waals surface area (Å²) < 4.78 is 17.0. The van der Waals surface area contributed by atoms with Gasteiger partial charge in [0.05, 0.1) is 0 Å². The van der Waals surface area contributed by atoms with Crippen LogP contribution in [0.15, 0.2) is 85.1 Å². The van der Waals surface area contributed by atoms with E-state index < -0.39 is 6.10 Å². The summed E-state index contributed by atoms with van der Waals surface area (Å²) in [7, 11) is 0. The van der Waals surface area contributed by atoms with Crippen LogP contribution in [-0.2, 0) is 28.6 Å². The van der Waals surface area contributed by atoms with E-state index in [0.29, 0.717) is 19.3 Å². The Morgan fingerprint density at radius 1 is 0.263 bits per heavy atom. The van der Waals surface area contributed by atoms with E-state index in [4.69, 9.17) is 14.2 Å². The van der Waals surface area contributed by atoms with Gasteiger partial charge in [-0.2, -0.15) is 0 Å². The summed E-state index contributed by atoms with van der Waals surface area (Å²) in [5.41, 5.74) is 0. The molecule has 0 saturated carbocycles. The zero-order valence-corrected chi connectivity index (χ0v) is 53.1. The summed E-state index contributed by atoms with van der Waals surface area (Å²) in [6, 6.07) is 0. The molecule has 80 heavy (non-hydrogen) atoms. The first-order valence-electron chi connectivity index (χ1n) is 34.6. The van der Waals surface area contributed by atoms with Crippen LogP contribution in [0.4, 0.5) is 0 Å². The van der Waals surface area contributed by atoms with Gasteiger partial charge in [-0.3, -0.25) is 14.4 Å². The van der Waals surface area contributed by atoms with Gasteiger partial charge in [-0.25, -0.2) is 0 Å². The van der Waals surface area contributed by atoms with Crippen molar-refractivity contribution in [2.75, 3.05) is 13.2 Å². The van der Waals surface area contributed by atoms with E-state index in [2.05, 4.69) is 106 Å². The van der Waals surface area contributed by atoms with E-state index in [1.54, 1.807) is 0 Å². The Hall–Kier alpha value is -3.41. The first-order valence-corrected chi connectivity index (χ1v) is 34.6. The summed E-state index contributed by atoms with van der Waals surface area (Å²) in [6.45, 7) is 6.55. The van der Waals surface area contributed by atoms with Crippen molar-refractivity contribution in [3.05, 3.63) is 85.1 Å². The number of allylic oxidation sites excluding steroid dienone is 14. The minimum atomic E-state index is -0.783. The fourth-order valence-electron chi connectivity index (χ4n) is 9.97. The van der Waals surface area contributed by atoms with Crippen LogP contribution in [0.1, 0.15) is 348 Å². The van der Waals surface area contributed by atoms with Crippen molar-refractivity contribution in [1.82, 2.24) is 0 Å². The molecule has 0 N–H and O–H groups in total. The maximum Gasteiger partial charge on any atom is 0.306 e. The van der Waals surface area contributed by atoms with Gasteiger partial charge in [0, 0.05) is 19.3 Å². The molecule has 0 saturated heterocycles. The van der Waals surface area contributed by atoms with Crippen LogP contribution in [0.3, 0.4) is 0 Å². The van der Waals surface area contributed by atoms with E-state index in [1.807, 2.05) is 0 Å². The lowest BCUT2D eigenvalue weighted by Crippen LogP contribution is -2.30. The summed E-state index contributed by atoms with van der Waals surface area (Å²) >= 11 is 0. The summed E-state index contributed by atoms with van der Waals surface area (Å²) in [5.74, 6) is -0.876. The highest BCUT2D eigenvalue weighted by Gasteiger charge is 2.19. The number of carbonyl (C=O) groups is 3. The summed E-state index contributed by atoms with van der Waals surface area (Å²) in [4.78, 5) is 38.4. The number of carbonyl (C=O) groups excluding carboxylic acids is 3. The Kier molecular flexibility index (Phi) is 65.2. The Morgan fingerprint density at radius 2 is 0.487 bits per heavy atom. The molecule has 6 nitrogen and oxygen atoms in total. The van der Waals surface area contributed by atoms with E-state index in [0.717, 1.165) is 103 Å². The third kappa shape index (κ3) is 65.4. The highest BCUT2D eigenvalue weighted by Crippen LogP contribution is 2.17. The van der Waals surface area contributed by atoms with Crippen molar-refractivity contribution in [1.29, 1.82) is 0 Å². The number of hydrogen-bond acceptors (Lipinski definition) is 6. The van der Waals surface area contributed by atoms with Crippen LogP contribution < -0.4 is 0 Å². The minimum absolute atomic E-state index is 0.0776. The number of ether oxygens (including phenoxy) is 3. The largest absolute Gasteiger partial charge is 0.462 e. The lowest BCUT2D eigenvalue weighted by molar-refractivity contribution is -0.167. The molecule has 0 aliphatic rings. The molecular formula is C74H130O6. The first kappa shape index (κ1) is 76.6. The fraction of sp³-hybridized carbons (Fsp3) is 0.770. The molecule has 0 aliphatic carbocycles. The second-order valence-corrected chi connectivity index (χ2v) is 23.1. The van der Waals surface area contributed by atoms with Crippen molar-refractivity contribution < 1.29 is 28.6 Å². The van der Waals surface area contributed by atoms with Gasteiger partial charge in [0.1, 0.15) is 13.2 Å². The lowest BCUT2D eigenvalue weighted by Gasteiger charge is -2.18. The second-order valence-electron chi connectivity index (χ2n) is 23.1. The van der Waals surface area contributed by atoms with Crippen molar-refractivity contribution in [2.24, 2.45) is 0 Å². The van der Waals surface area contributed by atoms with Crippen LogP contribution in [0.5, 0.6) is 0 Å². The van der Waals surface area contributed by atoms with Crippen LogP contribution in [0, 0.1) is 0 Å². The van der Waals surface area contributed by atoms with Gasteiger partial charge in [-0.1, -0.05) is 318 Å². The molecule has 0 aromatic rings. The number of esters is 3. The van der Waals surface area contributed by atoms with Crippen LogP contribution in [0.2, 0.25) is 0 Å². The SMILES string of the molecule is CC/C=C\C/C=C\C/C=C\C/C=C\C/C=C\C/C=C\CCCCCCCCC(=O)OCC(COC(=O)CCCCCCCCCCCCCC)OC(=O)CCCCCCCCCCCCCCC/C=C\CCCCCCCCCC. The van der Waals surface area contributed by atoms with Crippen molar-refractivity contribution >= 4 is 17.9 Å². The molecule has 462 valence electrons. The molecule has 0 rings (SSSR count). The molecule has 0 heterocycles. The molecule has 1 unspecified atom stereocenters. The highest BCUT2D eigenvalue weighted by molar-refractivity contribution is 5.71. The maximum atomic E-state index is 12.9. The molecule has 0 aromatic heterocycles. The molecule has 0 spiro atoms. The van der Waals surface area contributed by atoms with Crippen molar-refractivity contribution in [2.45, 2.75) is 354 Å². The van der Waals surface area contributed by atoms with E-state index in [9.17, 15) is 14.4 Å². The molecular weight excluding hydrogens is 985 g/mol. The van der Waals surface area contributed by atoms with Gasteiger partial charge in [-0.05, 0) is 96.3 Å². The highest BCUT2D eigenvalue weighted by atomic mass is 16.6. The Morgan fingerprint density at radius 3 is 0.775 bits per heavy atom. The van der Waals surface area contributed by atoms with Crippen LogP contribution >= 0.6 is 0 Å². The molecule has 0 amide bonds. The average molecular weight is 1120 g/mol. The van der Waals surface area contributed by atoms with Gasteiger partial charge in [0.2, 0.25) is 0 Å². The van der Waals surface area contributed by atoms with Gasteiger partial charge in [-0.15, -0.1) is 0 Å². The zero-order chi connectivity index (χ0) is 57.8. The third-order valence-corrected chi connectivity index (χ3v) is 15.1. The minimum Gasteiger partial charge on any atom is -0.462 e. The molecule has 6 heteroatoms. The Balaban J connectivity index is 4.29. The normalized spacial score (nSPS) is 12.6. The smallest absolute Gasteiger partial charge is 0.306 e. The number of rotatable bonds is 63.